The average molecular weight is 500 g/mol. The fraction of sp³-hybridized carbons (Fsp3) is 0.458. The highest BCUT2D eigenvalue weighted by atomic mass is 35.5. The second-order valence-corrected chi connectivity index (χ2v) is 7.91. The third-order valence-corrected chi connectivity index (χ3v) is 5.62. The normalized spacial score (nSPS) is 15.4. The number of carbonyl (C=O) groups is 1. The minimum atomic E-state index is -0.798. The Hall–Kier alpha value is -2.03. The van der Waals surface area contributed by atoms with Gasteiger partial charge in [-0.3, -0.25) is 9.69 Å². The van der Waals surface area contributed by atoms with E-state index in [1.165, 1.54) is 0 Å². The Bertz CT molecular complexity index is 858. The summed E-state index contributed by atoms with van der Waals surface area (Å²) in [6.07, 6.45) is -0.514. The van der Waals surface area contributed by atoms with Gasteiger partial charge in [-0.2, -0.15) is 0 Å². The Balaban J connectivity index is 0.00000272. The Morgan fingerprint density at radius 1 is 1.06 bits per heavy atom. The van der Waals surface area contributed by atoms with Gasteiger partial charge >= 0.3 is 0 Å². The molecule has 2 atom stereocenters. The van der Waals surface area contributed by atoms with Gasteiger partial charge in [0, 0.05) is 38.3 Å². The number of benzene rings is 2. The predicted molar refractivity (Wildman–Crippen MR) is 136 cm³/mol. The molecule has 2 aromatic rings. The quantitative estimate of drug-likeness (QED) is 0.491. The van der Waals surface area contributed by atoms with Crippen molar-refractivity contribution in [1.29, 1.82) is 0 Å². The number of aliphatic hydroxyl groups is 1. The number of aliphatic hydroxyl groups excluding tert-OH is 1. The van der Waals surface area contributed by atoms with E-state index in [0.29, 0.717) is 11.5 Å². The van der Waals surface area contributed by atoms with Crippen LogP contribution in [0.2, 0.25) is 0 Å². The largest absolute Gasteiger partial charge is 0.493 e. The Morgan fingerprint density at radius 2 is 1.67 bits per heavy atom. The van der Waals surface area contributed by atoms with E-state index < -0.39 is 12.1 Å². The van der Waals surface area contributed by atoms with E-state index in [1.54, 1.807) is 13.2 Å². The van der Waals surface area contributed by atoms with Crippen LogP contribution in [0, 0.1) is 13.8 Å². The fourth-order valence-corrected chi connectivity index (χ4v) is 3.88. The van der Waals surface area contributed by atoms with Crippen molar-refractivity contribution >= 4 is 36.4 Å². The number of carbonyl (C=O) groups excluding carboxylic acids is 1. The van der Waals surface area contributed by atoms with Crippen LogP contribution in [0.3, 0.4) is 0 Å². The summed E-state index contributed by atoms with van der Waals surface area (Å²) in [7, 11) is 1.58. The summed E-state index contributed by atoms with van der Waals surface area (Å²) in [6, 6.07) is 12.8. The van der Waals surface area contributed by atoms with Crippen molar-refractivity contribution in [2.24, 2.45) is 0 Å². The lowest BCUT2D eigenvalue weighted by Gasteiger charge is -2.35. The first-order chi connectivity index (χ1) is 15.0. The van der Waals surface area contributed by atoms with Gasteiger partial charge in [-0.25, -0.2) is 0 Å². The summed E-state index contributed by atoms with van der Waals surface area (Å²) in [6.45, 7) is 7.20. The van der Waals surface area contributed by atoms with Gasteiger partial charge in [0.1, 0.15) is 6.61 Å². The highest BCUT2D eigenvalue weighted by molar-refractivity contribution is 5.96. The molecular formula is C24H35Cl2N3O4. The van der Waals surface area contributed by atoms with Crippen molar-refractivity contribution < 1.29 is 19.4 Å². The molecule has 0 radical (unpaired) electrons. The van der Waals surface area contributed by atoms with Gasteiger partial charge < -0.3 is 25.2 Å². The zero-order valence-electron chi connectivity index (χ0n) is 19.4. The number of nitrogens with zero attached hydrogens (tertiary/aromatic N) is 1. The standard InChI is InChI=1S/C24H33N3O4.2ClH/c1-17-7-6-8-18(2)23(17)26-24(29)20(27-13-11-25-12-14-27)15-19(28)16-31-22-10-5-4-9-21(22)30-3;;/h4-10,19-20,25,28H,11-16H2,1-3H3,(H,26,29);2*1H. The van der Waals surface area contributed by atoms with Crippen molar-refractivity contribution in [1.82, 2.24) is 10.2 Å². The second kappa shape index (κ2) is 14.3. The topological polar surface area (TPSA) is 83.1 Å². The van der Waals surface area contributed by atoms with Crippen LogP contribution >= 0.6 is 24.8 Å². The number of hydrogen-bond acceptors (Lipinski definition) is 6. The molecule has 0 spiro atoms. The second-order valence-electron chi connectivity index (χ2n) is 7.91. The summed E-state index contributed by atoms with van der Waals surface area (Å²) >= 11 is 0. The molecule has 1 saturated heterocycles. The first-order valence-electron chi connectivity index (χ1n) is 10.8. The molecule has 7 nitrogen and oxygen atoms in total. The Kier molecular flexibility index (Phi) is 12.5. The molecule has 0 saturated carbocycles. The van der Waals surface area contributed by atoms with Gasteiger partial charge in [0.25, 0.3) is 0 Å². The van der Waals surface area contributed by atoms with Crippen LogP contribution in [0.25, 0.3) is 0 Å². The van der Waals surface area contributed by atoms with E-state index in [2.05, 4.69) is 15.5 Å². The van der Waals surface area contributed by atoms with Crippen molar-refractivity contribution in [2.75, 3.05) is 45.2 Å². The lowest BCUT2D eigenvalue weighted by molar-refractivity contribution is -0.123. The average Bonchev–Trinajstić information content (AvgIpc) is 2.79. The number of rotatable bonds is 9. The van der Waals surface area contributed by atoms with E-state index in [4.69, 9.17) is 9.47 Å². The molecule has 9 heteroatoms. The molecule has 3 N–H and O–H groups in total. The molecule has 0 aliphatic carbocycles. The number of halogens is 2. The maximum atomic E-state index is 13.3. The van der Waals surface area contributed by atoms with E-state index in [0.717, 1.165) is 43.0 Å². The molecule has 184 valence electrons. The zero-order chi connectivity index (χ0) is 22.2. The molecule has 1 amide bonds. The highest BCUT2D eigenvalue weighted by Gasteiger charge is 2.30. The number of aryl methyl sites for hydroxylation is 2. The van der Waals surface area contributed by atoms with E-state index >= 15 is 0 Å². The molecule has 1 aliphatic heterocycles. The van der Waals surface area contributed by atoms with Crippen LogP contribution in [0.4, 0.5) is 5.69 Å². The number of piperazine rings is 1. The summed E-state index contributed by atoms with van der Waals surface area (Å²) < 4.78 is 11.1. The smallest absolute Gasteiger partial charge is 0.241 e. The molecule has 1 fully saturated rings. The fourth-order valence-electron chi connectivity index (χ4n) is 3.88. The summed E-state index contributed by atoms with van der Waals surface area (Å²) in [5, 5.41) is 17.1. The first kappa shape index (κ1) is 29.0. The minimum absolute atomic E-state index is 0. The minimum Gasteiger partial charge on any atom is -0.493 e. The lowest BCUT2D eigenvalue weighted by atomic mass is 10.0. The van der Waals surface area contributed by atoms with Crippen LogP contribution in [-0.2, 0) is 4.79 Å². The zero-order valence-corrected chi connectivity index (χ0v) is 21.0. The monoisotopic (exact) mass is 499 g/mol. The maximum absolute atomic E-state index is 13.3. The number of ether oxygens (including phenoxy) is 2. The molecule has 2 aromatic carbocycles. The van der Waals surface area contributed by atoms with E-state index in [-0.39, 0.29) is 43.7 Å². The lowest BCUT2D eigenvalue weighted by Crippen LogP contribution is -2.53. The van der Waals surface area contributed by atoms with Crippen LogP contribution in [0.5, 0.6) is 11.5 Å². The van der Waals surface area contributed by atoms with Crippen LogP contribution in [0.1, 0.15) is 17.5 Å². The number of anilines is 1. The third-order valence-electron chi connectivity index (χ3n) is 5.62. The highest BCUT2D eigenvalue weighted by Crippen LogP contribution is 2.26. The van der Waals surface area contributed by atoms with Crippen LogP contribution in [0.15, 0.2) is 42.5 Å². The van der Waals surface area contributed by atoms with Crippen molar-refractivity contribution in [2.45, 2.75) is 32.4 Å². The summed E-state index contributed by atoms with van der Waals surface area (Å²) in [5.74, 6) is 1.08. The maximum Gasteiger partial charge on any atom is 0.241 e. The van der Waals surface area contributed by atoms with Crippen LogP contribution in [-0.4, -0.2) is 68.0 Å². The predicted octanol–water partition coefficient (Wildman–Crippen LogP) is 3.20. The van der Waals surface area contributed by atoms with E-state index in [1.807, 2.05) is 50.2 Å². The number of nitrogens with one attached hydrogen (secondary N) is 2. The van der Waals surface area contributed by atoms with Crippen LogP contribution < -0.4 is 20.1 Å². The number of para-hydroxylation sites is 3. The van der Waals surface area contributed by atoms with Crippen molar-refractivity contribution in [3.05, 3.63) is 53.6 Å². The summed E-state index contributed by atoms with van der Waals surface area (Å²) in [5.41, 5.74) is 2.88. The molecule has 33 heavy (non-hydrogen) atoms. The van der Waals surface area contributed by atoms with Gasteiger partial charge in [-0.15, -0.1) is 24.8 Å². The van der Waals surface area contributed by atoms with Gasteiger partial charge in [-0.1, -0.05) is 30.3 Å². The van der Waals surface area contributed by atoms with Gasteiger partial charge in [0.15, 0.2) is 11.5 Å². The Labute approximate surface area is 208 Å². The third kappa shape index (κ3) is 8.05. The molecule has 0 bridgehead atoms. The van der Waals surface area contributed by atoms with Crippen molar-refractivity contribution in [3.63, 3.8) is 0 Å². The SMILES string of the molecule is COc1ccccc1OCC(O)CC(C(=O)Nc1c(C)cccc1C)N1CCNCC1.Cl.Cl. The van der Waals surface area contributed by atoms with Gasteiger partial charge in [-0.05, 0) is 37.1 Å². The first-order valence-corrected chi connectivity index (χ1v) is 10.8. The Morgan fingerprint density at radius 3 is 2.27 bits per heavy atom. The number of amides is 1. The summed E-state index contributed by atoms with van der Waals surface area (Å²) in [4.78, 5) is 15.4. The molecule has 2 unspecified atom stereocenters. The molecule has 1 heterocycles. The molecular weight excluding hydrogens is 465 g/mol. The van der Waals surface area contributed by atoms with Crippen molar-refractivity contribution in [3.8, 4) is 11.5 Å². The molecule has 1 aliphatic rings. The van der Waals surface area contributed by atoms with Gasteiger partial charge in [0.2, 0.25) is 5.91 Å². The molecule has 0 aromatic heterocycles. The number of hydrogen-bond donors (Lipinski definition) is 3. The molecule has 3 rings (SSSR count). The van der Waals surface area contributed by atoms with E-state index in [9.17, 15) is 9.90 Å². The van der Waals surface area contributed by atoms with Gasteiger partial charge in [0.05, 0.1) is 19.3 Å². The number of methoxy groups -OCH3 is 1.